The number of nitrogens with one attached hydrogen (secondary N) is 2. The Hall–Kier alpha value is -2.64. The number of aromatic nitrogens is 1. The van der Waals surface area contributed by atoms with E-state index in [1.807, 2.05) is 18.2 Å². The van der Waals surface area contributed by atoms with E-state index < -0.39 is 0 Å². The molecule has 0 radical (unpaired) electrons. The van der Waals surface area contributed by atoms with Crippen LogP contribution in [0.2, 0.25) is 0 Å². The molecule has 0 saturated carbocycles. The summed E-state index contributed by atoms with van der Waals surface area (Å²) in [5.41, 5.74) is 2.57. The van der Waals surface area contributed by atoms with Crippen molar-refractivity contribution in [2.24, 2.45) is 0 Å². The third-order valence-corrected chi connectivity index (χ3v) is 4.72. The van der Waals surface area contributed by atoms with Crippen molar-refractivity contribution in [2.75, 3.05) is 58.4 Å². The second-order valence-corrected chi connectivity index (χ2v) is 6.67. The molecule has 1 saturated heterocycles. The zero-order chi connectivity index (χ0) is 19.6. The predicted octanol–water partition coefficient (Wildman–Crippen LogP) is 1.81. The highest BCUT2D eigenvalue weighted by Gasteiger charge is 2.11. The first-order valence-corrected chi connectivity index (χ1v) is 9.66. The summed E-state index contributed by atoms with van der Waals surface area (Å²) in [5, 5.41) is 6.26. The SMILES string of the molecule is COc1ccc(CCNc2ccc(C(=O)NCCN3CCOCC3)nc2)cc1. The normalized spacial score (nSPS) is 14.5. The second kappa shape index (κ2) is 10.6. The maximum atomic E-state index is 12.2. The van der Waals surface area contributed by atoms with Gasteiger partial charge in [0.1, 0.15) is 11.4 Å². The number of amides is 1. The Morgan fingerprint density at radius 3 is 2.61 bits per heavy atom. The van der Waals surface area contributed by atoms with E-state index in [1.165, 1.54) is 5.56 Å². The fourth-order valence-corrected chi connectivity index (χ4v) is 3.02. The monoisotopic (exact) mass is 384 g/mol. The van der Waals surface area contributed by atoms with Crippen LogP contribution in [-0.4, -0.2) is 68.8 Å². The highest BCUT2D eigenvalue weighted by molar-refractivity contribution is 5.92. The molecule has 3 rings (SSSR count). The van der Waals surface area contributed by atoms with Gasteiger partial charge in [0, 0.05) is 32.7 Å². The molecule has 0 unspecified atom stereocenters. The minimum atomic E-state index is -0.141. The fourth-order valence-electron chi connectivity index (χ4n) is 3.02. The molecule has 0 spiro atoms. The van der Waals surface area contributed by atoms with Crippen LogP contribution in [0.25, 0.3) is 0 Å². The van der Waals surface area contributed by atoms with Gasteiger partial charge in [-0.15, -0.1) is 0 Å². The van der Waals surface area contributed by atoms with Gasteiger partial charge in [0.05, 0.1) is 32.2 Å². The lowest BCUT2D eigenvalue weighted by Gasteiger charge is -2.26. The number of hydrogen-bond donors (Lipinski definition) is 2. The number of pyridine rings is 1. The highest BCUT2D eigenvalue weighted by atomic mass is 16.5. The van der Waals surface area contributed by atoms with Crippen LogP contribution >= 0.6 is 0 Å². The molecule has 1 aromatic heterocycles. The molecule has 0 atom stereocenters. The van der Waals surface area contributed by atoms with Crippen molar-refractivity contribution in [3.63, 3.8) is 0 Å². The van der Waals surface area contributed by atoms with Crippen molar-refractivity contribution >= 4 is 11.6 Å². The van der Waals surface area contributed by atoms with Crippen LogP contribution in [0.15, 0.2) is 42.6 Å². The van der Waals surface area contributed by atoms with Crippen LogP contribution in [0.5, 0.6) is 5.75 Å². The lowest BCUT2D eigenvalue weighted by atomic mass is 10.1. The number of ether oxygens (including phenoxy) is 2. The molecule has 150 valence electrons. The largest absolute Gasteiger partial charge is 0.497 e. The minimum absolute atomic E-state index is 0.141. The van der Waals surface area contributed by atoms with Crippen molar-refractivity contribution in [3.8, 4) is 5.75 Å². The first-order chi connectivity index (χ1) is 13.7. The smallest absolute Gasteiger partial charge is 0.269 e. The fraction of sp³-hybridized carbons (Fsp3) is 0.429. The Balaban J connectivity index is 1.37. The second-order valence-electron chi connectivity index (χ2n) is 6.67. The van der Waals surface area contributed by atoms with Crippen molar-refractivity contribution in [3.05, 3.63) is 53.9 Å². The highest BCUT2D eigenvalue weighted by Crippen LogP contribution is 2.12. The summed E-state index contributed by atoms with van der Waals surface area (Å²) in [4.78, 5) is 18.8. The Morgan fingerprint density at radius 1 is 1.14 bits per heavy atom. The Bertz CT molecular complexity index is 728. The number of morpholine rings is 1. The summed E-state index contributed by atoms with van der Waals surface area (Å²) >= 11 is 0. The van der Waals surface area contributed by atoms with Crippen LogP contribution in [-0.2, 0) is 11.2 Å². The van der Waals surface area contributed by atoms with E-state index in [0.29, 0.717) is 12.2 Å². The van der Waals surface area contributed by atoms with Crippen molar-refractivity contribution in [1.82, 2.24) is 15.2 Å². The molecule has 1 amide bonds. The molecule has 1 aromatic carbocycles. The lowest BCUT2D eigenvalue weighted by molar-refractivity contribution is 0.0383. The molecule has 1 fully saturated rings. The van der Waals surface area contributed by atoms with Gasteiger partial charge >= 0.3 is 0 Å². The maximum absolute atomic E-state index is 12.2. The van der Waals surface area contributed by atoms with E-state index in [1.54, 1.807) is 19.4 Å². The standard InChI is InChI=1S/C21H28N4O3/c1-27-19-5-2-17(3-6-19)8-9-22-18-4-7-20(24-16-18)21(26)23-10-11-25-12-14-28-15-13-25/h2-7,16,22H,8-15H2,1H3,(H,23,26). The molecule has 1 aliphatic heterocycles. The van der Waals surface area contributed by atoms with Gasteiger partial charge in [-0.3, -0.25) is 9.69 Å². The molecular weight excluding hydrogens is 356 g/mol. The predicted molar refractivity (Wildman–Crippen MR) is 109 cm³/mol. The van der Waals surface area contributed by atoms with Crippen molar-refractivity contribution < 1.29 is 14.3 Å². The van der Waals surface area contributed by atoms with Crippen molar-refractivity contribution in [2.45, 2.75) is 6.42 Å². The maximum Gasteiger partial charge on any atom is 0.269 e. The molecule has 2 N–H and O–H groups in total. The Morgan fingerprint density at radius 2 is 1.93 bits per heavy atom. The van der Waals surface area contributed by atoms with Gasteiger partial charge in [0.25, 0.3) is 5.91 Å². The zero-order valence-corrected chi connectivity index (χ0v) is 16.3. The van der Waals surface area contributed by atoms with E-state index in [4.69, 9.17) is 9.47 Å². The molecule has 2 aromatic rings. The zero-order valence-electron chi connectivity index (χ0n) is 16.3. The van der Waals surface area contributed by atoms with Gasteiger partial charge in [-0.2, -0.15) is 0 Å². The number of methoxy groups -OCH3 is 1. The van der Waals surface area contributed by atoms with E-state index >= 15 is 0 Å². The van der Waals surface area contributed by atoms with Crippen LogP contribution in [0.1, 0.15) is 16.1 Å². The Labute approximate surface area is 166 Å². The molecule has 7 nitrogen and oxygen atoms in total. The van der Waals surface area contributed by atoms with Crippen LogP contribution in [0.4, 0.5) is 5.69 Å². The number of hydrogen-bond acceptors (Lipinski definition) is 6. The number of benzene rings is 1. The van der Waals surface area contributed by atoms with Gasteiger partial charge in [-0.1, -0.05) is 12.1 Å². The summed E-state index contributed by atoms with van der Waals surface area (Å²) in [6, 6.07) is 11.7. The van der Waals surface area contributed by atoms with Crippen molar-refractivity contribution in [1.29, 1.82) is 0 Å². The molecule has 1 aliphatic rings. The average molecular weight is 384 g/mol. The molecular formula is C21H28N4O3. The molecule has 2 heterocycles. The summed E-state index contributed by atoms with van der Waals surface area (Å²) in [7, 11) is 1.66. The molecule has 28 heavy (non-hydrogen) atoms. The third-order valence-electron chi connectivity index (χ3n) is 4.72. The molecule has 0 aliphatic carbocycles. The molecule has 7 heteroatoms. The number of rotatable bonds is 9. The van der Waals surface area contributed by atoms with Gasteiger partial charge < -0.3 is 20.1 Å². The van der Waals surface area contributed by atoms with Gasteiger partial charge in [-0.05, 0) is 36.2 Å². The number of carbonyl (C=O) groups excluding carboxylic acids is 1. The summed E-state index contributed by atoms with van der Waals surface area (Å²) in [5.74, 6) is 0.720. The number of anilines is 1. The van der Waals surface area contributed by atoms with Crippen LogP contribution < -0.4 is 15.4 Å². The van der Waals surface area contributed by atoms with E-state index in [2.05, 4.69) is 32.7 Å². The lowest BCUT2D eigenvalue weighted by Crippen LogP contribution is -2.41. The average Bonchev–Trinajstić information content (AvgIpc) is 2.75. The first kappa shape index (κ1) is 20.1. The number of carbonyl (C=O) groups is 1. The topological polar surface area (TPSA) is 75.7 Å². The van der Waals surface area contributed by atoms with Gasteiger partial charge in [0.2, 0.25) is 0 Å². The quantitative estimate of drug-likeness (QED) is 0.687. The summed E-state index contributed by atoms with van der Waals surface area (Å²) in [6.07, 6.45) is 2.60. The first-order valence-electron chi connectivity index (χ1n) is 9.66. The minimum Gasteiger partial charge on any atom is -0.497 e. The summed E-state index contributed by atoms with van der Waals surface area (Å²) in [6.45, 7) is 5.61. The van der Waals surface area contributed by atoms with E-state index in [-0.39, 0.29) is 5.91 Å². The summed E-state index contributed by atoms with van der Waals surface area (Å²) < 4.78 is 10.5. The van der Waals surface area contributed by atoms with Gasteiger partial charge in [0.15, 0.2) is 0 Å². The molecule has 0 bridgehead atoms. The van der Waals surface area contributed by atoms with Crippen LogP contribution in [0.3, 0.4) is 0 Å². The van der Waals surface area contributed by atoms with E-state index in [9.17, 15) is 4.79 Å². The third kappa shape index (κ3) is 6.21. The van der Waals surface area contributed by atoms with Crippen LogP contribution in [0, 0.1) is 0 Å². The van der Waals surface area contributed by atoms with Gasteiger partial charge in [-0.25, -0.2) is 4.98 Å². The Kier molecular flexibility index (Phi) is 7.63. The van der Waals surface area contributed by atoms with E-state index in [0.717, 1.165) is 57.3 Å². The number of nitrogens with zero attached hydrogens (tertiary/aromatic N) is 2.